The molecule has 5 heteroatoms. The lowest BCUT2D eigenvalue weighted by Gasteiger charge is -2.20. The molecule has 0 fully saturated rings. The number of hydrogen-bond acceptors (Lipinski definition) is 4. The standard InChI is InChI=1S/C21H28ClN3O/c1-25-13-3-11-23-15-17-5-2-6-18(16-24-12-4-14-25)21(17)26-20-9-7-19(22)8-10-20/h2,5-10,23-24H,3-4,11-16H2,1H3. The molecule has 4 nitrogen and oxygen atoms in total. The number of fused-ring (bicyclic) bond motifs is 2. The Hall–Kier alpha value is -1.59. The van der Waals surface area contributed by atoms with Gasteiger partial charge in [-0.15, -0.1) is 0 Å². The van der Waals surface area contributed by atoms with Gasteiger partial charge in [0.1, 0.15) is 11.5 Å². The lowest BCUT2D eigenvalue weighted by molar-refractivity contribution is 0.319. The first kappa shape index (κ1) is 19.2. The van der Waals surface area contributed by atoms with Gasteiger partial charge in [0.15, 0.2) is 0 Å². The number of hydrogen-bond donors (Lipinski definition) is 2. The van der Waals surface area contributed by atoms with Crippen LogP contribution in [-0.2, 0) is 13.1 Å². The topological polar surface area (TPSA) is 36.5 Å². The van der Waals surface area contributed by atoms with Crippen molar-refractivity contribution in [2.24, 2.45) is 0 Å². The van der Waals surface area contributed by atoms with E-state index in [-0.39, 0.29) is 0 Å². The van der Waals surface area contributed by atoms with Crippen molar-refractivity contribution in [2.75, 3.05) is 33.2 Å². The molecule has 0 spiro atoms. The number of ether oxygens (including phenoxy) is 1. The molecule has 0 radical (unpaired) electrons. The van der Waals surface area contributed by atoms with E-state index in [2.05, 4.69) is 40.8 Å². The third-order valence-corrected chi connectivity index (χ3v) is 4.88. The van der Waals surface area contributed by atoms with Gasteiger partial charge in [0.05, 0.1) is 0 Å². The summed E-state index contributed by atoms with van der Waals surface area (Å²) in [6.45, 7) is 5.88. The fourth-order valence-corrected chi connectivity index (χ4v) is 3.30. The van der Waals surface area contributed by atoms with E-state index in [1.54, 1.807) is 0 Å². The van der Waals surface area contributed by atoms with E-state index in [0.29, 0.717) is 5.02 Å². The molecule has 26 heavy (non-hydrogen) atoms. The monoisotopic (exact) mass is 373 g/mol. The second-order valence-electron chi connectivity index (χ2n) is 6.83. The highest BCUT2D eigenvalue weighted by atomic mass is 35.5. The number of nitrogens with zero attached hydrogens (tertiary/aromatic N) is 1. The molecule has 0 aliphatic carbocycles. The SMILES string of the molecule is CN1CCCNCc2cccc(c2Oc2ccc(Cl)cc2)CNCCC1. The molecule has 0 amide bonds. The van der Waals surface area contributed by atoms with Crippen LogP contribution in [0.15, 0.2) is 42.5 Å². The molecule has 0 aromatic heterocycles. The van der Waals surface area contributed by atoms with Crippen LogP contribution in [0.2, 0.25) is 5.02 Å². The fourth-order valence-electron chi connectivity index (χ4n) is 3.17. The Labute approximate surface area is 161 Å². The van der Waals surface area contributed by atoms with E-state index in [4.69, 9.17) is 16.3 Å². The Morgan fingerprint density at radius 3 is 2.04 bits per heavy atom. The molecule has 0 atom stereocenters. The van der Waals surface area contributed by atoms with Gasteiger partial charge in [-0.2, -0.15) is 0 Å². The molecule has 2 N–H and O–H groups in total. The van der Waals surface area contributed by atoms with Crippen LogP contribution in [0.3, 0.4) is 0 Å². The van der Waals surface area contributed by atoms with Gasteiger partial charge in [0.25, 0.3) is 0 Å². The van der Waals surface area contributed by atoms with Crippen molar-refractivity contribution in [3.63, 3.8) is 0 Å². The third kappa shape index (κ3) is 5.71. The Morgan fingerprint density at radius 1 is 0.885 bits per heavy atom. The smallest absolute Gasteiger partial charge is 0.136 e. The number of benzene rings is 2. The average molecular weight is 374 g/mol. The quantitative estimate of drug-likeness (QED) is 0.833. The molecule has 3 rings (SSSR count). The Morgan fingerprint density at radius 2 is 1.46 bits per heavy atom. The van der Waals surface area contributed by atoms with Crippen LogP contribution in [0.4, 0.5) is 0 Å². The van der Waals surface area contributed by atoms with E-state index in [1.165, 1.54) is 11.1 Å². The zero-order valence-electron chi connectivity index (χ0n) is 15.4. The predicted octanol–water partition coefficient (Wildman–Crippen LogP) is 4.04. The zero-order valence-corrected chi connectivity index (χ0v) is 16.2. The summed E-state index contributed by atoms with van der Waals surface area (Å²) in [5.74, 6) is 1.76. The van der Waals surface area contributed by atoms with Crippen molar-refractivity contribution in [1.82, 2.24) is 15.5 Å². The summed E-state index contributed by atoms with van der Waals surface area (Å²) in [5, 5.41) is 7.83. The summed E-state index contributed by atoms with van der Waals surface area (Å²) < 4.78 is 6.27. The Bertz CT molecular complexity index is 658. The second-order valence-corrected chi connectivity index (χ2v) is 7.26. The van der Waals surface area contributed by atoms with Crippen molar-refractivity contribution in [3.8, 4) is 11.5 Å². The molecule has 0 saturated carbocycles. The minimum Gasteiger partial charge on any atom is -0.457 e. The van der Waals surface area contributed by atoms with Crippen LogP contribution in [0.25, 0.3) is 0 Å². The molecule has 2 aromatic carbocycles. The first-order valence-electron chi connectivity index (χ1n) is 9.36. The number of halogens is 1. The average Bonchev–Trinajstić information content (AvgIpc) is 2.64. The van der Waals surface area contributed by atoms with Crippen LogP contribution in [0, 0.1) is 0 Å². The lowest BCUT2D eigenvalue weighted by Crippen LogP contribution is -2.28. The van der Waals surface area contributed by atoms with Crippen molar-refractivity contribution < 1.29 is 4.74 Å². The molecule has 2 bridgehead atoms. The van der Waals surface area contributed by atoms with Crippen LogP contribution >= 0.6 is 11.6 Å². The van der Waals surface area contributed by atoms with E-state index in [1.807, 2.05) is 24.3 Å². The highest BCUT2D eigenvalue weighted by molar-refractivity contribution is 6.30. The minimum absolute atomic E-state index is 0.716. The molecule has 2 aromatic rings. The summed E-state index contributed by atoms with van der Waals surface area (Å²) in [6, 6.07) is 13.9. The molecule has 1 aliphatic heterocycles. The van der Waals surface area contributed by atoms with Crippen molar-refractivity contribution in [1.29, 1.82) is 0 Å². The molecular weight excluding hydrogens is 346 g/mol. The molecule has 140 valence electrons. The van der Waals surface area contributed by atoms with Gasteiger partial charge >= 0.3 is 0 Å². The van der Waals surface area contributed by atoms with Crippen molar-refractivity contribution >= 4 is 11.6 Å². The number of rotatable bonds is 2. The van der Waals surface area contributed by atoms with Gasteiger partial charge in [-0.25, -0.2) is 0 Å². The fraction of sp³-hybridized carbons (Fsp3) is 0.429. The zero-order chi connectivity index (χ0) is 18.2. The summed E-state index contributed by atoms with van der Waals surface area (Å²) in [5.41, 5.74) is 2.37. The van der Waals surface area contributed by atoms with Gasteiger partial charge in [-0.05, 0) is 70.3 Å². The highest BCUT2D eigenvalue weighted by Crippen LogP contribution is 2.30. The first-order valence-corrected chi connectivity index (χ1v) is 9.74. The lowest BCUT2D eigenvalue weighted by atomic mass is 10.1. The molecular formula is C21H28ClN3O. The van der Waals surface area contributed by atoms with Gasteiger partial charge in [0.2, 0.25) is 0 Å². The summed E-state index contributed by atoms with van der Waals surface area (Å²) in [7, 11) is 2.20. The van der Waals surface area contributed by atoms with Crippen LogP contribution in [0.1, 0.15) is 24.0 Å². The van der Waals surface area contributed by atoms with Crippen LogP contribution in [-0.4, -0.2) is 38.1 Å². The molecule has 0 unspecified atom stereocenters. The Balaban J connectivity index is 1.79. The van der Waals surface area contributed by atoms with Crippen molar-refractivity contribution in [3.05, 3.63) is 58.6 Å². The largest absolute Gasteiger partial charge is 0.457 e. The van der Waals surface area contributed by atoms with Gasteiger partial charge in [-0.3, -0.25) is 0 Å². The van der Waals surface area contributed by atoms with Crippen molar-refractivity contribution in [2.45, 2.75) is 25.9 Å². The highest BCUT2D eigenvalue weighted by Gasteiger charge is 2.12. The number of para-hydroxylation sites is 1. The summed E-state index contributed by atoms with van der Waals surface area (Å²) in [4.78, 5) is 2.41. The molecule has 0 saturated heterocycles. The van der Waals surface area contributed by atoms with E-state index >= 15 is 0 Å². The van der Waals surface area contributed by atoms with E-state index in [9.17, 15) is 0 Å². The summed E-state index contributed by atoms with van der Waals surface area (Å²) in [6.07, 6.45) is 2.30. The second kappa shape index (κ2) is 9.93. The predicted molar refractivity (Wildman–Crippen MR) is 108 cm³/mol. The first-order chi connectivity index (χ1) is 12.7. The molecule has 1 aliphatic rings. The van der Waals surface area contributed by atoms with E-state index in [0.717, 1.165) is 63.6 Å². The van der Waals surface area contributed by atoms with E-state index < -0.39 is 0 Å². The summed E-state index contributed by atoms with van der Waals surface area (Å²) >= 11 is 6.00. The van der Waals surface area contributed by atoms with Crippen LogP contribution in [0.5, 0.6) is 11.5 Å². The molecule has 1 heterocycles. The van der Waals surface area contributed by atoms with Crippen LogP contribution < -0.4 is 15.4 Å². The Kier molecular flexibility index (Phi) is 7.32. The maximum atomic E-state index is 6.27. The third-order valence-electron chi connectivity index (χ3n) is 4.63. The maximum absolute atomic E-state index is 6.27. The van der Waals surface area contributed by atoms with Gasteiger partial charge < -0.3 is 20.3 Å². The minimum atomic E-state index is 0.716. The normalized spacial score (nSPS) is 17.5. The van der Waals surface area contributed by atoms with Gasteiger partial charge in [0, 0.05) is 29.2 Å². The number of nitrogens with one attached hydrogen (secondary N) is 2. The van der Waals surface area contributed by atoms with Gasteiger partial charge in [-0.1, -0.05) is 29.8 Å². The maximum Gasteiger partial charge on any atom is 0.136 e.